The zero-order valence-electron chi connectivity index (χ0n) is 11.0. The Morgan fingerprint density at radius 2 is 2.10 bits per heavy atom. The molecule has 1 aromatic carbocycles. The Labute approximate surface area is 120 Å². The van der Waals surface area contributed by atoms with Crippen LogP contribution in [0.1, 0.15) is 10.4 Å². The van der Waals surface area contributed by atoms with Crippen molar-refractivity contribution in [2.75, 3.05) is 5.32 Å². The van der Waals surface area contributed by atoms with Crippen molar-refractivity contribution in [2.24, 2.45) is 0 Å². The fourth-order valence-corrected chi connectivity index (χ4v) is 1.85. The van der Waals surface area contributed by atoms with Gasteiger partial charge in [-0.05, 0) is 36.4 Å². The maximum Gasteiger partial charge on any atom is 0.255 e. The molecule has 0 spiro atoms. The van der Waals surface area contributed by atoms with E-state index in [9.17, 15) is 9.90 Å². The number of hydrogen-bond donors (Lipinski definition) is 2. The number of aromatic nitrogens is 3. The first-order valence-corrected chi connectivity index (χ1v) is 6.29. The third-order valence-corrected chi connectivity index (χ3v) is 2.85. The minimum Gasteiger partial charge on any atom is -0.508 e. The molecule has 2 heterocycles. The van der Waals surface area contributed by atoms with Gasteiger partial charge in [0.1, 0.15) is 5.75 Å². The van der Waals surface area contributed by atoms with Gasteiger partial charge >= 0.3 is 0 Å². The lowest BCUT2D eigenvalue weighted by Gasteiger charge is -2.06. The van der Waals surface area contributed by atoms with Gasteiger partial charge in [-0.25, -0.2) is 9.67 Å². The van der Waals surface area contributed by atoms with Gasteiger partial charge in [0.2, 0.25) is 0 Å². The lowest BCUT2D eigenvalue weighted by Crippen LogP contribution is -2.12. The van der Waals surface area contributed by atoms with Crippen molar-refractivity contribution < 1.29 is 9.90 Å². The maximum atomic E-state index is 12.0. The molecule has 21 heavy (non-hydrogen) atoms. The molecule has 6 heteroatoms. The fourth-order valence-electron chi connectivity index (χ4n) is 1.85. The van der Waals surface area contributed by atoms with Crippen LogP contribution >= 0.6 is 0 Å². The highest BCUT2D eigenvalue weighted by atomic mass is 16.3. The van der Waals surface area contributed by atoms with Gasteiger partial charge in [-0.15, -0.1) is 0 Å². The Balaban J connectivity index is 1.75. The average Bonchev–Trinajstić information content (AvgIpc) is 3.02. The van der Waals surface area contributed by atoms with Crippen LogP contribution in [0.5, 0.6) is 5.75 Å². The average molecular weight is 280 g/mol. The van der Waals surface area contributed by atoms with Crippen LogP contribution in [0, 0.1) is 0 Å². The maximum absolute atomic E-state index is 12.0. The van der Waals surface area contributed by atoms with Crippen LogP contribution in [0.2, 0.25) is 0 Å². The van der Waals surface area contributed by atoms with Gasteiger partial charge in [0, 0.05) is 18.0 Å². The summed E-state index contributed by atoms with van der Waals surface area (Å²) in [6, 6.07) is 11.5. The largest absolute Gasteiger partial charge is 0.508 e. The van der Waals surface area contributed by atoms with Crippen LogP contribution in [-0.4, -0.2) is 25.8 Å². The Kier molecular flexibility index (Phi) is 3.34. The predicted molar refractivity (Wildman–Crippen MR) is 77.4 cm³/mol. The van der Waals surface area contributed by atoms with Crippen molar-refractivity contribution in [1.82, 2.24) is 14.8 Å². The SMILES string of the molecule is O=C(Nc1ccc(-n2cccn2)nc1)c1cccc(O)c1. The molecule has 0 saturated carbocycles. The van der Waals surface area contributed by atoms with Crippen LogP contribution in [-0.2, 0) is 0 Å². The molecular weight excluding hydrogens is 268 g/mol. The lowest BCUT2D eigenvalue weighted by atomic mass is 10.2. The molecule has 3 rings (SSSR count). The Morgan fingerprint density at radius 1 is 1.19 bits per heavy atom. The summed E-state index contributed by atoms with van der Waals surface area (Å²) in [5, 5.41) is 16.2. The van der Waals surface area contributed by atoms with E-state index in [1.54, 1.807) is 53.6 Å². The van der Waals surface area contributed by atoms with E-state index in [0.717, 1.165) is 0 Å². The zero-order chi connectivity index (χ0) is 14.7. The van der Waals surface area contributed by atoms with Crippen molar-refractivity contribution >= 4 is 11.6 Å². The van der Waals surface area contributed by atoms with Crippen LogP contribution in [0.15, 0.2) is 61.1 Å². The van der Waals surface area contributed by atoms with Gasteiger partial charge in [0.05, 0.1) is 11.9 Å². The van der Waals surface area contributed by atoms with E-state index in [1.807, 2.05) is 0 Å². The molecule has 6 nitrogen and oxygen atoms in total. The molecular formula is C15H12N4O2. The number of pyridine rings is 1. The molecule has 0 aliphatic rings. The van der Waals surface area contributed by atoms with Gasteiger partial charge < -0.3 is 10.4 Å². The normalized spacial score (nSPS) is 10.3. The van der Waals surface area contributed by atoms with Crippen LogP contribution in [0.4, 0.5) is 5.69 Å². The number of aromatic hydroxyl groups is 1. The summed E-state index contributed by atoms with van der Waals surface area (Å²) in [6.07, 6.45) is 5.00. The number of anilines is 1. The molecule has 0 unspecified atom stereocenters. The fraction of sp³-hybridized carbons (Fsp3) is 0. The molecule has 0 aliphatic heterocycles. The van der Waals surface area contributed by atoms with Gasteiger partial charge in [-0.1, -0.05) is 6.07 Å². The summed E-state index contributed by atoms with van der Waals surface area (Å²) in [5.41, 5.74) is 0.949. The summed E-state index contributed by atoms with van der Waals surface area (Å²) < 4.78 is 1.63. The van der Waals surface area contributed by atoms with Crippen molar-refractivity contribution in [3.05, 3.63) is 66.6 Å². The Hall–Kier alpha value is -3.15. The molecule has 1 amide bonds. The highest BCUT2D eigenvalue weighted by Gasteiger charge is 2.07. The number of phenolic OH excluding ortho intramolecular Hbond substituents is 1. The van der Waals surface area contributed by atoms with E-state index < -0.39 is 0 Å². The van der Waals surface area contributed by atoms with Crippen molar-refractivity contribution in [3.63, 3.8) is 0 Å². The smallest absolute Gasteiger partial charge is 0.255 e. The number of nitrogens with zero attached hydrogens (tertiary/aromatic N) is 3. The van der Waals surface area contributed by atoms with Crippen molar-refractivity contribution in [2.45, 2.75) is 0 Å². The number of nitrogens with one attached hydrogen (secondary N) is 1. The number of hydrogen-bond acceptors (Lipinski definition) is 4. The number of carbonyl (C=O) groups is 1. The van der Waals surface area contributed by atoms with E-state index >= 15 is 0 Å². The second-order valence-electron chi connectivity index (χ2n) is 4.36. The van der Waals surface area contributed by atoms with Gasteiger partial charge in [0.25, 0.3) is 5.91 Å². The van der Waals surface area contributed by atoms with Crippen molar-refractivity contribution in [1.29, 1.82) is 0 Å². The molecule has 2 aromatic heterocycles. The summed E-state index contributed by atoms with van der Waals surface area (Å²) in [4.78, 5) is 16.2. The molecule has 0 saturated heterocycles. The first-order valence-electron chi connectivity index (χ1n) is 6.29. The van der Waals surface area contributed by atoms with E-state index in [-0.39, 0.29) is 11.7 Å². The van der Waals surface area contributed by atoms with Gasteiger partial charge in [0.15, 0.2) is 5.82 Å². The summed E-state index contributed by atoms with van der Waals surface area (Å²) in [5.74, 6) is 0.407. The topological polar surface area (TPSA) is 80.0 Å². The molecule has 0 radical (unpaired) electrons. The molecule has 0 bridgehead atoms. The molecule has 0 fully saturated rings. The predicted octanol–water partition coefficient (Wildman–Crippen LogP) is 2.23. The standard InChI is InChI=1S/C15H12N4O2/c20-13-4-1-3-11(9-13)15(21)18-12-5-6-14(16-10-12)19-8-2-7-17-19/h1-10,20H,(H,18,21). The first-order chi connectivity index (χ1) is 10.2. The number of amides is 1. The molecule has 104 valence electrons. The van der Waals surface area contributed by atoms with E-state index in [4.69, 9.17) is 0 Å². The number of phenols is 1. The highest BCUT2D eigenvalue weighted by Crippen LogP contribution is 2.14. The zero-order valence-corrected chi connectivity index (χ0v) is 11.0. The highest BCUT2D eigenvalue weighted by molar-refractivity contribution is 6.04. The third kappa shape index (κ3) is 2.89. The van der Waals surface area contributed by atoms with Gasteiger partial charge in [-0.3, -0.25) is 4.79 Å². The van der Waals surface area contributed by atoms with E-state index in [0.29, 0.717) is 17.1 Å². The molecule has 0 aliphatic carbocycles. The Bertz CT molecular complexity index is 752. The van der Waals surface area contributed by atoms with E-state index in [1.165, 1.54) is 12.1 Å². The monoisotopic (exact) mass is 280 g/mol. The second kappa shape index (κ2) is 5.46. The van der Waals surface area contributed by atoms with Crippen LogP contribution in [0.25, 0.3) is 5.82 Å². The minimum absolute atomic E-state index is 0.0507. The quantitative estimate of drug-likeness (QED) is 0.771. The summed E-state index contributed by atoms with van der Waals surface area (Å²) in [6.45, 7) is 0. The minimum atomic E-state index is -0.306. The Morgan fingerprint density at radius 3 is 2.76 bits per heavy atom. The molecule has 2 N–H and O–H groups in total. The number of rotatable bonds is 3. The van der Waals surface area contributed by atoms with Crippen LogP contribution in [0.3, 0.4) is 0 Å². The van der Waals surface area contributed by atoms with Gasteiger partial charge in [-0.2, -0.15) is 5.10 Å². The van der Waals surface area contributed by atoms with E-state index in [2.05, 4.69) is 15.4 Å². The lowest BCUT2D eigenvalue weighted by molar-refractivity contribution is 0.102. The molecule has 3 aromatic rings. The van der Waals surface area contributed by atoms with Crippen molar-refractivity contribution in [3.8, 4) is 11.6 Å². The number of benzene rings is 1. The summed E-state index contributed by atoms with van der Waals surface area (Å²) in [7, 11) is 0. The first kappa shape index (κ1) is 12.9. The van der Waals surface area contributed by atoms with Crippen LogP contribution < -0.4 is 5.32 Å². The summed E-state index contributed by atoms with van der Waals surface area (Å²) >= 11 is 0. The second-order valence-corrected chi connectivity index (χ2v) is 4.36. The molecule has 0 atom stereocenters. The number of carbonyl (C=O) groups excluding carboxylic acids is 1. The third-order valence-electron chi connectivity index (χ3n) is 2.85.